The van der Waals surface area contributed by atoms with Gasteiger partial charge >= 0.3 is 5.97 Å². The molecule has 2 aliphatic heterocycles. The van der Waals surface area contributed by atoms with E-state index in [4.69, 9.17) is 21.5 Å². The Balaban J connectivity index is 1.76. The Hall–Kier alpha value is -3.06. The second kappa shape index (κ2) is 10.8. The number of ether oxygens (including phenoxy) is 1. The molecule has 1 amide bonds. The molecule has 0 aliphatic carbocycles. The quantitative estimate of drug-likeness (QED) is 0.284. The number of nitrogens with zero attached hydrogens (tertiary/aromatic N) is 3. The summed E-state index contributed by atoms with van der Waals surface area (Å²) in [6.07, 6.45) is 0.0800. The second-order valence-electron chi connectivity index (χ2n) is 10.5. The Morgan fingerprint density at radius 3 is 2.49 bits per heavy atom. The van der Waals surface area contributed by atoms with E-state index in [1.54, 1.807) is 29.2 Å². The summed E-state index contributed by atoms with van der Waals surface area (Å²) in [4.78, 5) is 40.2. The standard InChI is InChI=1S/C26H31ClN4O7S/c1-4-16-12-21(38-25(16)33)18(17-8-7-11-22(39(28,36)37)24(17)31(34)35)13-29-14-23(32)30(15-26(29,2)3)20-10-6-5-9-19(20)27/h5-11,16,18,21H,4,12-15H2,1-3H3,(H2,28,36,37)/t16-,18-,21+/m1/s1. The Bertz CT molecular complexity index is 1410. The number of hydrogen-bond donors (Lipinski definition) is 1. The van der Waals surface area contributed by atoms with Crippen LogP contribution in [0.15, 0.2) is 47.4 Å². The van der Waals surface area contributed by atoms with Gasteiger partial charge in [-0.15, -0.1) is 0 Å². The number of cyclic esters (lactones) is 1. The third-order valence-electron chi connectivity index (χ3n) is 7.57. The van der Waals surface area contributed by atoms with Crippen molar-refractivity contribution in [3.05, 3.63) is 63.2 Å². The number of benzene rings is 2. The van der Waals surface area contributed by atoms with Crippen molar-refractivity contribution in [3.63, 3.8) is 0 Å². The van der Waals surface area contributed by atoms with E-state index >= 15 is 0 Å². The Labute approximate surface area is 232 Å². The molecule has 2 aromatic rings. The molecule has 39 heavy (non-hydrogen) atoms. The lowest BCUT2D eigenvalue weighted by molar-refractivity contribution is -0.388. The van der Waals surface area contributed by atoms with Crippen molar-refractivity contribution in [1.82, 2.24) is 4.90 Å². The summed E-state index contributed by atoms with van der Waals surface area (Å²) in [5.74, 6) is -1.81. The summed E-state index contributed by atoms with van der Waals surface area (Å²) in [5, 5.41) is 17.9. The molecule has 0 radical (unpaired) electrons. The Morgan fingerprint density at radius 2 is 1.90 bits per heavy atom. The van der Waals surface area contributed by atoms with Crippen molar-refractivity contribution < 1.29 is 27.7 Å². The summed E-state index contributed by atoms with van der Waals surface area (Å²) in [6.45, 7) is 6.07. The number of nitro benzene ring substituents is 1. The van der Waals surface area contributed by atoms with Crippen LogP contribution in [0, 0.1) is 16.0 Å². The summed E-state index contributed by atoms with van der Waals surface area (Å²) in [6, 6.07) is 11.0. The number of rotatable bonds is 8. The SMILES string of the molecule is CC[C@@H]1C[C@@H]([C@H](CN2CC(=O)N(c3ccccc3Cl)CC2(C)C)c2cccc(S(N)(=O)=O)c2[N+](=O)[O-])OC1=O. The first-order valence-corrected chi connectivity index (χ1v) is 14.5. The minimum Gasteiger partial charge on any atom is -0.461 e. The summed E-state index contributed by atoms with van der Waals surface area (Å²) >= 11 is 6.36. The van der Waals surface area contributed by atoms with Gasteiger partial charge < -0.3 is 9.64 Å². The van der Waals surface area contributed by atoms with E-state index in [1.165, 1.54) is 12.1 Å². The van der Waals surface area contributed by atoms with Crippen molar-refractivity contribution in [2.75, 3.05) is 24.5 Å². The number of para-hydroxylation sites is 2. The topological polar surface area (TPSA) is 153 Å². The number of anilines is 1. The fourth-order valence-corrected chi connectivity index (χ4v) is 6.37. The van der Waals surface area contributed by atoms with Gasteiger partial charge in [-0.2, -0.15) is 0 Å². The number of carbonyl (C=O) groups excluding carboxylic acids is 2. The maximum absolute atomic E-state index is 13.3. The number of esters is 1. The summed E-state index contributed by atoms with van der Waals surface area (Å²) < 4.78 is 30.2. The lowest BCUT2D eigenvalue weighted by atomic mass is 9.85. The van der Waals surface area contributed by atoms with E-state index in [2.05, 4.69) is 0 Å². The molecule has 2 saturated heterocycles. The molecule has 0 saturated carbocycles. The van der Waals surface area contributed by atoms with Crippen LogP contribution in [0.2, 0.25) is 5.02 Å². The van der Waals surface area contributed by atoms with Gasteiger partial charge in [0.2, 0.25) is 15.9 Å². The Morgan fingerprint density at radius 1 is 1.21 bits per heavy atom. The molecule has 4 rings (SSSR count). The predicted molar refractivity (Wildman–Crippen MR) is 145 cm³/mol. The zero-order chi connectivity index (χ0) is 28.7. The van der Waals surface area contributed by atoms with Gasteiger partial charge in [-0.3, -0.25) is 24.6 Å². The van der Waals surface area contributed by atoms with Crippen LogP contribution in [0.5, 0.6) is 0 Å². The van der Waals surface area contributed by atoms with E-state index in [0.717, 1.165) is 6.07 Å². The van der Waals surface area contributed by atoms with Crippen LogP contribution in [0.25, 0.3) is 0 Å². The zero-order valence-electron chi connectivity index (χ0n) is 21.9. The third-order valence-corrected chi connectivity index (χ3v) is 8.83. The molecule has 2 aromatic carbocycles. The number of carbonyl (C=O) groups is 2. The van der Waals surface area contributed by atoms with E-state index in [1.807, 2.05) is 25.7 Å². The van der Waals surface area contributed by atoms with Gasteiger partial charge in [-0.05, 0) is 44.9 Å². The normalized spacial score (nSPS) is 22.5. The smallest absolute Gasteiger partial charge is 0.309 e. The van der Waals surface area contributed by atoms with Crippen LogP contribution >= 0.6 is 11.6 Å². The van der Waals surface area contributed by atoms with Crippen molar-refractivity contribution >= 4 is 44.9 Å². The highest BCUT2D eigenvalue weighted by molar-refractivity contribution is 7.89. The molecule has 2 heterocycles. The summed E-state index contributed by atoms with van der Waals surface area (Å²) in [5.41, 5.74) is -0.608. The first kappa shape index (κ1) is 28.9. The molecular formula is C26H31ClN4O7S. The van der Waals surface area contributed by atoms with Gasteiger partial charge in [0, 0.05) is 30.1 Å². The van der Waals surface area contributed by atoms with E-state index in [0.29, 0.717) is 23.6 Å². The highest BCUT2D eigenvalue weighted by Gasteiger charge is 2.46. The van der Waals surface area contributed by atoms with Crippen LogP contribution in [0.3, 0.4) is 0 Å². The van der Waals surface area contributed by atoms with Gasteiger partial charge in [-0.25, -0.2) is 13.6 Å². The molecule has 11 nitrogen and oxygen atoms in total. The molecule has 3 atom stereocenters. The molecular weight excluding hydrogens is 548 g/mol. The molecule has 2 N–H and O–H groups in total. The number of hydrogen-bond acceptors (Lipinski definition) is 8. The average Bonchev–Trinajstić information content (AvgIpc) is 3.23. The van der Waals surface area contributed by atoms with Crippen molar-refractivity contribution in [1.29, 1.82) is 0 Å². The number of halogens is 1. The van der Waals surface area contributed by atoms with E-state index in [-0.39, 0.29) is 37.0 Å². The molecule has 210 valence electrons. The van der Waals surface area contributed by atoms with Crippen molar-refractivity contribution in [2.24, 2.45) is 11.1 Å². The van der Waals surface area contributed by atoms with Crippen LogP contribution in [0.1, 0.15) is 45.1 Å². The number of nitrogens with two attached hydrogens (primary N) is 1. The number of primary sulfonamides is 1. The maximum Gasteiger partial charge on any atom is 0.309 e. The van der Waals surface area contributed by atoms with Crippen LogP contribution in [0.4, 0.5) is 11.4 Å². The third kappa shape index (κ3) is 5.79. The molecule has 2 aliphatic rings. The predicted octanol–water partition coefficient (Wildman–Crippen LogP) is 3.45. The minimum absolute atomic E-state index is 0.0325. The van der Waals surface area contributed by atoms with Gasteiger partial charge in [0.05, 0.1) is 28.1 Å². The van der Waals surface area contributed by atoms with Crippen molar-refractivity contribution in [3.8, 4) is 0 Å². The molecule has 0 unspecified atom stereocenters. The first-order chi connectivity index (χ1) is 18.2. The monoisotopic (exact) mass is 578 g/mol. The van der Waals surface area contributed by atoms with Gasteiger partial charge in [0.15, 0.2) is 4.90 Å². The van der Waals surface area contributed by atoms with Crippen LogP contribution < -0.4 is 10.0 Å². The highest BCUT2D eigenvalue weighted by atomic mass is 35.5. The maximum atomic E-state index is 13.3. The lowest BCUT2D eigenvalue weighted by Crippen LogP contribution is -2.63. The molecule has 0 aromatic heterocycles. The van der Waals surface area contributed by atoms with E-state index < -0.39 is 49.1 Å². The zero-order valence-corrected chi connectivity index (χ0v) is 23.4. The van der Waals surface area contributed by atoms with Gasteiger partial charge in [0.25, 0.3) is 5.69 Å². The minimum atomic E-state index is -4.43. The van der Waals surface area contributed by atoms with E-state index in [9.17, 15) is 28.1 Å². The first-order valence-electron chi connectivity index (χ1n) is 12.5. The highest BCUT2D eigenvalue weighted by Crippen LogP contribution is 2.41. The molecule has 13 heteroatoms. The fraction of sp³-hybridized carbons (Fsp3) is 0.462. The van der Waals surface area contributed by atoms with Gasteiger partial charge in [-0.1, -0.05) is 42.8 Å². The average molecular weight is 579 g/mol. The number of sulfonamides is 1. The van der Waals surface area contributed by atoms with Crippen LogP contribution in [-0.4, -0.2) is 61.4 Å². The lowest BCUT2D eigenvalue weighted by Gasteiger charge is -2.48. The molecule has 2 fully saturated rings. The van der Waals surface area contributed by atoms with Crippen molar-refractivity contribution in [2.45, 2.75) is 56.1 Å². The largest absolute Gasteiger partial charge is 0.461 e. The molecule has 0 spiro atoms. The number of nitro groups is 1. The van der Waals surface area contributed by atoms with Gasteiger partial charge in [0.1, 0.15) is 6.10 Å². The summed E-state index contributed by atoms with van der Waals surface area (Å²) in [7, 11) is -4.43. The Kier molecular flexibility index (Phi) is 8.04. The number of piperazine rings is 1. The number of amides is 1. The fourth-order valence-electron chi connectivity index (χ4n) is 5.41. The molecule has 0 bridgehead atoms. The second-order valence-corrected chi connectivity index (χ2v) is 12.5. The van der Waals surface area contributed by atoms with Crippen LogP contribution in [-0.2, 0) is 24.3 Å².